The molecule has 0 saturated heterocycles. The van der Waals surface area contributed by atoms with E-state index in [2.05, 4.69) is 54.7 Å². The van der Waals surface area contributed by atoms with Crippen molar-refractivity contribution in [2.24, 2.45) is 0 Å². The summed E-state index contributed by atoms with van der Waals surface area (Å²) in [5.74, 6) is 0. The molecule has 0 aliphatic heterocycles. The van der Waals surface area contributed by atoms with Gasteiger partial charge in [0.1, 0.15) is 0 Å². The summed E-state index contributed by atoms with van der Waals surface area (Å²) < 4.78 is 0. The van der Waals surface area contributed by atoms with Crippen LogP contribution in [0.3, 0.4) is 0 Å². The Hall–Kier alpha value is -0.680. The van der Waals surface area contributed by atoms with Gasteiger partial charge in [0.25, 0.3) is 0 Å². The zero-order valence-electron chi connectivity index (χ0n) is 12.6. The highest BCUT2D eigenvalue weighted by Crippen LogP contribution is 2.23. The molecule has 0 aliphatic carbocycles. The van der Waals surface area contributed by atoms with Crippen molar-refractivity contribution in [3.8, 4) is 0 Å². The third kappa shape index (κ3) is 4.70. The van der Waals surface area contributed by atoms with Gasteiger partial charge in [-0.15, -0.1) is 22.7 Å². The second kappa shape index (κ2) is 7.93. The van der Waals surface area contributed by atoms with Gasteiger partial charge in [0, 0.05) is 34.3 Å². The van der Waals surface area contributed by atoms with Crippen molar-refractivity contribution in [3.05, 3.63) is 43.8 Å². The number of rotatable bonds is 8. The second-order valence-corrected chi connectivity index (χ2v) is 7.60. The van der Waals surface area contributed by atoms with Crippen LogP contribution in [0.15, 0.2) is 23.6 Å². The van der Waals surface area contributed by atoms with E-state index in [1.54, 1.807) is 0 Å². The first-order chi connectivity index (χ1) is 9.69. The molecule has 2 aromatic heterocycles. The lowest BCUT2D eigenvalue weighted by Gasteiger charge is -2.15. The molecule has 0 spiro atoms. The first kappa shape index (κ1) is 15.7. The van der Waals surface area contributed by atoms with E-state index in [0.717, 1.165) is 26.2 Å². The number of hydrogen-bond acceptors (Lipinski definition) is 4. The Morgan fingerprint density at radius 1 is 1.25 bits per heavy atom. The molecule has 4 heteroatoms. The molecule has 0 radical (unpaired) electrons. The molecule has 2 nitrogen and oxygen atoms in total. The van der Waals surface area contributed by atoms with Gasteiger partial charge in [0.15, 0.2) is 0 Å². The molecule has 1 N–H and O–H groups in total. The molecule has 2 heterocycles. The smallest absolute Gasteiger partial charge is 0.0328 e. The fourth-order valence-corrected chi connectivity index (χ4v) is 4.04. The first-order valence-electron chi connectivity index (χ1n) is 7.19. The van der Waals surface area contributed by atoms with E-state index in [1.165, 1.54) is 26.6 Å². The lowest BCUT2D eigenvalue weighted by molar-refractivity contribution is 0.322. The summed E-state index contributed by atoms with van der Waals surface area (Å²) in [5, 5.41) is 5.63. The zero-order chi connectivity index (χ0) is 14.4. The Bertz CT molecular complexity index is 503. The molecule has 0 fully saturated rings. The van der Waals surface area contributed by atoms with Crippen LogP contribution in [-0.2, 0) is 19.6 Å². The molecule has 0 unspecified atom stereocenters. The number of aryl methyl sites for hydroxylation is 1. The Morgan fingerprint density at radius 2 is 2.10 bits per heavy atom. The van der Waals surface area contributed by atoms with Gasteiger partial charge in [-0.3, -0.25) is 4.90 Å². The molecule has 0 saturated carbocycles. The van der Waals surface area contributed by atoms with E-state index >= 15 is 0 Å². The summed E-state index contributed by atoms with van der Waals surface area (Å²) in [6.07, 6.45) is 1.20. The van der Waals surface area contributed by atoms with Crippen LogP contribution in [0.25, 0.3) is 0 Å². The highest BCUT2D eigenvalue weighted by molar-refractivity contribution is 7.12. The third-order valence-electron chi connectivity index (χ3n) is 3.24. The molecule has 0 aliphatic rings. The van der Waals surface area contributed by atoms with Crippen molar-refractivity contribution < 1.29 is 0 Å². The fraction of sp³-hybridized carbons (Fsp3) is 0.500. The summed E-state index contributed by atoms with van der Waals surface area (Å²) >= 11 is 3.76. The van der Waals surface area contributed by atoms with E-state index in [0.29, 0.717) is 0 Å². The molecule has 0 bridgehead atoms. The average molecular weight is 309 g/mol. The Balaban J connectivity index is 1.88. The summed E-state index contributed by atoms with van der Waals surface area (Å²) in [6, 6.07) is 6.70. The van der Waals surface area contributed by atoms with Crippen LogP contribution in [0.1, 0.15) is 33.5 Å². The van der Waals surface area contributed by atoms with E-state index in [9.17, 15) is 0 Å². The van der Waals surface area contributed by atoms with Crippen LogP contribution >= 0.6 is 22.7 Å². The summed E-state index contributed by atoms with van der Waals surface area (Å²) in [6.45, 7) is 8.63. The standard InChI is InChI=1S/C16H24N2S2/c1-4-7-17-10-16-9-14(13(2)20-16)11-18(3)12-15-6-5-8-19-15/h5-6,8-9,17H,4,7,10-12H2,1-3H3. The van der Waals surface area contributed by atoms with E-state index in [4.69, 9.17) is 0 Å². The normalized spacial score (nSPS) is 11.4. The quantitative estimate of drug-likeness (QED) is 0.733. The van der Waals surface area contributed by atoms with Gasteiger partial charge < -0.3 is 5.32 Å². The minimum absolute atomic E-state index is 1.01. The Morgan fingerprint density at radius 3 is 2.80 bits per heavy atom. The maximum absolute atomic E-state index is 3.48. The first-order valence-corrected chi connectivity index (χ1v) is 8.88. The Labute approximate surface area is 130 Å². The summed E-state index contributed by atoms with van der Waals surface area (Å²) in [7, 11) is 2.20. The molecule has 110 valence electrons. The SMILES string of the molecule is CCCNCc1cc(CN(C)Cc2cccs2)c(C)s1. The number of hydrogen-bond donors (Lipinski definition) is 1. The lowest BCUT2D eigenvalue weighted by Crippen LogP contribution is -2.16. The van der Waals surface area contributed by atoms with Crippen LogP contribution in [0, 0.1) is 6.92 Å². The van der Waals surface area contributed by atoms with Gasteiger partial charge in [-0.1, -0.05) is 13.0 Å². The van der Waals surface area contributed by atoms with Crippen LogP contribution in [0.4, 0.5) is 0 Å². The van der Waals surface area contributed by atoms with Crippen molar-refractivity contribution in [1.29, 1.82) is 0 Å². The molecular formula is C16H24N2S2. The minimum atomic E-state index is 1.01. The fourth-order valence-electron chi connectivity index (χ4n) is 2.24. The van der Waals surface area contributed by atoms with Gasteiger partial charge in [-0.25, -0.2) is 0 Å². The Kier molecular flexibility index (Phi) is 6.23. The van der Waals surface area contributed by atoms with Crippen LogP contribution in [0.2, 0.25) is 0 Å². The van der Waals surface area contributed by atoms with Crippen molar-refractivity contribution >= 4 is 22.7 Å². The highest BCUT2D eigenvalue weighted by atomic mass is 32.1. The molecule has 2 rings (SSSR count). The van der Waals surface area contributed by atoms with E-state index in [-0.39, 0.29) is 0 Å². The van der Waals surface area contributed by atoms with Crippen molar-refractivity contribution in [2.75, 3.05) is 13.6 Å². The topological polar surface area (TPSA) is 15.3 Å². The number of thiophene rings is 2. The molecule has 0 aromatic carbocycles. The van der Waals surface area contributed by atoms with Crippen molar-refractivity contribution in [2.45, 2.75) is 39.9 Å². The summed E-state index contributed by atoms with van der Waals surface area (Å²) in [5.41, 5.74) is 1.47. The highest BCUT2D eigenvalue weighted by Gasteiger charge is 2.09. The minimum Gasteiger partial charge on any atom is -0.312 e. The van der Waals surface area contributed by atoms with Crippen LogP contribution in [-0.4, -0.2) is 18.5 Å². The molecular weight excluding hydrogens is 284 g/mol. The maximum atomic E-state index is 3.48. The third-order valence-corrected chi connectivity index (χ3v) is 5.20. The molecule has 0 atom stereocenters. The predicted octanol–water partition coefficient (Wildman–Crippen LogP) is 4.25. The van der Waals surface area contributed by atoms with Gasteiger partial charge in [-0.05, 0) is 50.0 Å². The van der Waals surface area contributed by atoms with Gasteiger partial charge in [-0.2, -0.15) is 0 Å². The van der Waals surface area contributed by atoms with Crippen molar-refractivity contribution in [1.82, 2.24) is 10.2 Å². The largest absolute Gasteiger partial charge is 0.312 e. The second-order valence-electron chi connectivity index (χ2n) is 5.22. The lowest BCUT2D eigenvalue weighted by atomic mass is 10.2. The van der Waals surface area contributed by atoms with E-state index in [1.807, 2.05) is 22.7 Å². The predicted molar refractivity (Wildman–Crippen MR) is 90.5 cm³/mol. The molecule has 0 amide bonds. The van der Waals surface area contributed by atoms with Crippen molar-refractivity contribution in [3.63, 3.8) is 0 Å². The molecule has 20 heavy (non-hydrogen) atoms. The maximum Gasteiger partial charge on any atom is 0.0328 e. The van der Waals surface area contributed by atoms with Gasteiger partial charge >= 0.3 is 0 Å². The van der Waals surface area contributed by atoms with Crippen LogP contribution < -0.4 is 5.32 Å². The zero-order valence-corrected chi connectivity index (χ0v) is 14.2. The number of nitrogens with one attached hydrogen (secondary N) is 1. The van der Waals surface area contributed by atoms with Crippen LogP contribution in [0.5, 0.6) is 0 Å². The van der Waals surface area contributed by atoms with Gasteiger partial charge in [0.05, 0.1) is 0 Å². The molecule has 2 aromatic rings. The number of nitrogens with zero attached hydrogens (tertiary/aromatic N) is 1. The summed E-state index contributed by atoms with van der Waals surface area (Å²) in [4.78, 5) is 6.74. The monoisotopic (exact) mass is 308 g/mol. The average Bonchev–Trinajstić information content (AvgIpc) is 3.01. The van der Waals surface area contributed by atoms with E-state index < -0.39 is 0 Å². The van der Waals surface area contributed by atoms with Gasteiger partial charge in [0.2, 0.25) is 0 Å².